The number of amides is 3. The third kappa shape index (κ3) is 3.45. The first-order valence-corrected chi connectivity index (χ1v) is 11.2. The van der Waals surface area contributed by atoms with E-state index < -0.39 is 4.92 Å². The molecule has 3 aliphatic carbocycles. The average Bonchev–Trinajstić information content (AvgIpc) is 3.10. The van der Waals surface area contributed by atoms with Crippen LogP contribution in [-0.4, -0.2) is 65.2 Å². The molecular weight excluding hydrogens is 412 g/mol. The smallest absolute Gasteiger partial charge is 0.269 e. The highest BCUT2D eigenvalue weighted by molar-refractivity contribution is 6.06. The standard InChI is InChI=1S/C23H26N4O5/c28-19(25-13-11-24(12-14-25)17-5-7-18(8-6-17)27(31)32)9-10-26-22(29)20-15-1-2-16(4-3-15)21(20)23(26)30/h1-2,5-8,15-16,20-21H,3-4,9-14H2/t15-,16-,20+,21+/m0/s1. The number of allylic oxidation sites excluding steroid dienone is 2. The van der Waals surface area contributed by atoms with E-state index >= 15 is 0 Å². The van der Waals surface area contributed by atoms with Crippen LogP contribution < -0.4 is 4.90 Å². The number of piperazine rings is 1. The first kappa shape index (κ1) is 20.7. The second-order valence-corrected chi connectivity index (χ2v) is 9.06. The zero-order chi connectivity index (χ0) is 22.4. The lowest BCUT2D eigenvalue weighted by Gasteiger charge is -2.38. The molecule has 0 radical (unpaired) electrons. The number of imide groups is 1. The number of benzene rings is 1. The van der Waals surface area contributed by atoms with Gasteiger partial charge in [0.05, 0.1) is 16.8 Å². The molecule has 2 bridgehead atoms. The summed E-state index contributed by atoms with van der Waals surface area (Å²) >= 11 is 0. The summed E-state index contributed by atoms with van der Waals surface area (Å²) in [4.78, 5) is 54.1. The van der Waals surface area contributed by atoms with E-state index in [2.05, 4.69) is 17.1 Å². The van der Waals surface area contributed by atoms with Crippen LogP contribution in [0.1, 0.15) is 19.3 Å². The molecule has 32 heavy (non-hydrogen) atoms. The number of anilines is 1. The number of hydrogen-bond donors (Lipinski definition) is 0. The lowest BCUT2D eigenvalue weighted by molar-refractivity contribution is -0.384. The number of non-ortho nitro benzene ring substituents is 1. The third-order valence-electron chi connectivity index (χ3n) is 7.46. The molecule has 168 valence electrons. The number of fused-ring (bicyclic) bond motifs is 1. The molecule has 9 heteroatoms. The molecule has 9 nitrogen and oxygen atoms in total. The van der Waals surface area contributed by atoms with Gasteiger partial charge >= 0.3 is 0 Å². The first-order valence-electron chi connectivity index (χ1n) is 11.2. The number of nitro benzene ring substituents is 1. The summed E-state index contributed by atoms with van der Waals surface area (Å²) in [5.41, 5.74) is 0.944. The van der Waals surface area contributed by atoms with Gasteiger partial charge in [-0.25, -0.2) is 0 Å². The maximum atomic E-state index is 12.9. The van der Waals surface area contributed by atoms with Gasteiger partial charge in [-0.1, -0.05) is 12.2 Å². The minimum absolute atomic E-state index is 0.0510. The summed E-state index contributed by atoms with van der Waals surface area (Å²) in [6.45, 7) is 2.49. The van der Waals surface area contributed by atoms with Crippen molar-refractivity contribution in [2.75, 3.05) is 37.6 Å². The third-order valence-corrected chi connectivity index (χ3v) is 7.46. The molecule has 3 amide bonds. The van der Waals surface area contributed by atoms with Crippen LogP contribution in [0.5, 0.6) is 0 Å². The molecule has 1 aromatic carbocycles. The first-order chi connectivity index (χ1) is 15.4. The molecule has 0 aromatic heterocycles. The molecule has 6 rings (SSSR count). The second-order valence-electron chi connectivity index (χ2n) is 9.06. The van der Waals surface area contributed by atoms with Gasteiger partial charge < -0.3 is 9.80 Å². The number of likely N-dealkylation sites (tertiary alicyclic amines) is 1. The number of carbonyl (C=O) groups is 3. The molecule has 3 fully saturated rings. The lowest BCUT2D eigenvalue weighted by atomic mass is 9.63. The summed E-state index contributed by atoms with van der Waals surface area (Å²) in [5, 5.41) is 10.8. The largest absolute Gasteiger partial charge is 0.368 e. The van der Waals surface area contributed by atoms with Crippen molar-refractivity contribution >= 4 is 29.1 Å². The molecule has 2 heterocycles. The number of nitro groups is 1. The fourth-order valence-electron chi connectivity index (χ4n) is 5.72. The van der Waals surface area contributed by atoms with E-state index in [-0.39, 0.29) is 60.0 Å². The van der Waals surface area contributed by atoms with Crippen molar-refractivity contribution in [3.05, 3.63) is 46.5 Å². The Balaban J connectivity index is 1.14. The van der Waals surface area contributed by atoms with Gasteiger partial charge in [-0.15, -0.1) is 0 Å². The van der Waals surface area contributed by atoms with Crippen LogP contribution in [0.2, 0.25) is 0 Å². The minimum Gasteiger partial charge on any atom is -0.368 e. The Hall–Kier alpha value is -3.23. The van der Waals surface area contributed by atoms with E-state index in [1.54, 1.807) is 17.0 Å². The van der Waals surface area contributed by atoms with Gasteiger partial charge in [0.1, 0.15) is 0 Å². The van der Waals surface area contributed by atoms with Crippen LogP contribution in [0.3, 0.4) is 0 Å². The molecule has 0 N–H and O–H groups in total. The number of rotatable bonds is 5. The number of hydrogen-bond acceptors (Lipinski definition) is 6. The van der Waals surface area contributed by atoms with Gasteiger partial charge in [-0.2, -0.15) is 0 Å². The second kappa shape index (κ2) is 8.03. The van der Waals surface area contributed by atoms with Gasteiger partial charge in [0.15, 0.2) is 0 Å². The van der Waals surface area contributed by atoms with Crippen LogP contribution in [0.25, 0.3) is 0 Å². The summed E-state index contributed by atoms with van der Waals surface area (Å²) < 4.78 is 0. The topological polar surface area (TPSA) is 104 Å². The zero-order valence-corrected chi connectivity index (χ0v) is 17.8. The fourth-order valence-corrected chi connectivity index (χ4v) is 5.72. The van der Waals surface area contributed by atoms with E-state index in [4.69, 9.17) is 0 Å². The van der Waals surface area contributed by atoms with Crippen molar-refractivity contribution in [1.29, 1.82) is 0 Å². The Kier molecular flexibility index (Phi) is 5.19. The van der Waals surface area contributed by atoms with Gasteiger partial charge in [0.2, 0.25) is 17.7 Å². The molecule has 1 saturated carbocycles. The van der Waals surface area contributed by atoms with Crippen molar-refractivity contribution in [1.82, 2.24) is 9.80 Å². The summed E-state index contributed by atoms with van der Waals surface area (Å²) in [7, 11) is 0. The van der Waals surface area contributed by atoms with Gasteiger partial charge in [0, 0.05) is 57.0 Å². The van der Waals surface area contributed by atoms with Crippen LogP contribution >= 0.6 is 0 Å². The predicted molar refractivity (Wildman–Crippen MR) is 116 cm³/mol. The number of carbonyl (C=O) groups excluding carboxylic acids is 3. The van der Waals surface area contributed by atoms with Crippen molar-refractivity contribution in [2.24, 2.45) is 23.7 Å². The van der Waals surface area contributed by atoms with Crippen LogP contribution in [-0.2, 0) is 14.4 Å². The van der Waals surface area contributed by atoms with Gasteiger partial charge in [-0.05, 0) is 36.8 Å². The highest BCUT2D eigenvalue weighted by atomic mass is 16.6. The van der Waals surface area contributed by atoms with Gasteiger partial charge in [0.25, 0.3) is 5.69 Å². The van der Waals surface area contributed by atoms with E-state index in [1.807, 2.05) is 0 Å². The number of nitrogens with zero attached hydrogens (tertiary/aromatic N) is 4. The molecule has 1 aromatic rings. The van der Waals surface area contributed by atoms with Crippen LogP contribution in [0, 0.1) is 33.8 Å². The Labute approximate surface area is 185 Å². The van der Waals surface area contributed by atoms with Gasteiger partial charge in [-0.3, -0.25) is 29.4 Å². The Morgan fingerprint density at radius 3 is 2.00 bits per heavy atom. The summed E-state index contributed by atoms with van der Waals surface area (Å²) in [5.74, 6) is -0.392. The van der Waals surface area contributed by atoms with Crippen molar-refractivity contribution in [2.45, 2.75) is 19.3 Å². The molecular formula is C23H26N4O5. The Bertz CT molecular complexity index is 951. The molecule has 4 atom stereocenters. The summed E-state index contributed by atoms with van der Waals surface area (Å²) in [6, 6.07) is 6.41. The molecule has 0 unspecified atom stereocenters. The quantitative estimate of drug-likeness (QED) is 0.301. The molecule has 5 aliphatic rings. The van der Waals surface area contributed by atoms with E-state index in [1.165, 1.54) is 17.0 Å². The molecule has 0 spiro atoms. The Morgan fingerprint density at radius 1 is 0.938 bits per heavy atom. The highest BCUT2D eigenvalue weighted by Crippen LogP contribution is 2.49. The predicted octanol–water partition coefficient (Wildman–Crippen LogP) is 1.83. The maximum absolute atomic E-state index is 12.9. The SMILES string of the molecule is O=C(CCN1C(=O)[C@H]2[C@H](C1=O)[C@H]1C=C[C@H]2CC1)N1CCN(c2ccc([N+](=O)[O-])cc2)CC1. The van der Waals surface area contributed by atoms with E-state index in [0.717, 1.165) is 18.5 Å². The van der Waals surface area contributed by atoms with Crippen molar-refractivity contribution in [3.63, 3.8) is 0 Å². The van der Waals surface area contributed by atoms with Crippen molar-refractivity contribution < 1.29 is 19.3 Å². The van der Waals surface area contributed by atoms with Crippen LogP contribution in [0.4, 0.5) is 11.4 Å². The van der Waals surface area contributed by atoms with Crippen LogP contribution in [0.15, 0.2) is 36.4 Å². The zero-order valence-electron chi connectivity index (χ0n) is 17.8. The maximum Gasteiger partial charge on any atom is 0.269 e. The van der Waals surface area contributed by atoms with Crippen molar-refractivity contribution in [3.8, 4) is 0 Å². The molecule has 2 saturated heterocycles. The minimum atomic E-state index is -0.424. The normalized spacial score (nSPS) is 28.9. The average molecular weight is 438 g/mol. The van der Waals surface area contributed by atoms with E-state index in [0.29, 0.717) is 26.2 Å². The highest BCUT2D eigenvalue weighted by Gasteiger charge is 2.56. The fraction of sp³-hybridized carbons (Fsp3) is 0.522. The monoisotopic (exact) mass is 438 g/mol. The Morgan fingerprint density at radius 2 is 1.50 bits per heavy atom. The summed E-state index contributed by atoms with van der Waals surface area (Å²) in [6.07, 6.45) is 6.27. The van der Waals surface area contributed by atoms with E-state index in [9.17, 15) is 24.5 Å². The molecule has 2 aliphatic heterocycles. The lowest BCUT2D eigenvalue weighted by Crippen LogP contribution is -2.49.